The summed E-state index contributed by atoms with van der Waals surface area (Å²) in [5.41, 5.74) is 0.969. The van der Waals surface area contributed by atoms with Gasteiger partial charge in [-0.15, -0.1) is 0 Å². The van der Waals surface area contributed by atoms with Gasteiger partial charge in [0.15, 0.2) is 0 Å². The molecule has 0 aliphatic rings. The van der Waals surface area contributed by atoms with Crippen molar-refractivity contribution in [2.45, 2.75) is 38.9 Å². The Morgan fingerprint density at radius 3 is 2.44 bits per heavy atom. The van der Waals surface area contributed by atoms with Gasteiger partial charge in [-0.25, -0.2) is 9.37 Å². The van der Waals surface area contributed by atoms with Crippen molar-refractivity contribution >= 4 is 11.9 Å². The lowest BCUT2D eigenvalue weighted by Gasteiger charge is -2.14. The first kappa shape index (κ1) is 29.3. The van der Waals surface area contributed by atoms with Crippen molar-refractivity contribution in [1.82, 2.24) is 10.3 Å². The van der Waals surface area contributed by atoms with Gasteiger partial charge in [0.05, 0.1) is 23.4 Å². The Morgan fingerprint density at radius 2 is 1.76 bits per heavy atom. The predicted octanol–water partition coefficient (Wildman–Crippen LogP) is 6.38. The van der Waals surface area contributed by atoms with Crippen LogP contribution in [0, 0.1) is 12.7 Å². The minimum absolute atomic E-state index is 0.131. The molecule has 0 fully saturated rings. The second kappa shape index (κ2) is 12.7. The minimum Gasteiger partial charge on any atom is -0.493 e. The van der Waals surface area contributed by atoms with Crippen LogP contribution in [-0.2, 0) is 30.4 Å². The molecular formula is C30H26F4N2O5. The van der Waals surface area contributed by atoms with Gasteiger partial charge in [0.2, 0.25) is 5.89 Å². The summed E-state index contributed by atoms with van der Waals surface area (Å²) in [4.78, 5) is 28.2. The Labute approximate surface area is 232 Å². The number of nitrogens with one attached hydrogen (secondary N) is 1. The van der Waals surface area contributed by atoms with Gasteiger partial charge in [-0.2, -0.15) is 13.2 Å². The van der Waals surface area contributed by atoms with Crippen molar-refractivity contribution in [3.8, 4) is 17.2 Å². The molecule has 11 heteroatoms. The first-order valence-corrected chi connectivity index (χ1v) is 12.6. The number of amides is 1. The fraction of sp³-hybridized carbons (Fsp3) is 0.233. The SMILES string of the molecule is Cc1oc(-c2ccccc2)nc1CCOc1ccc(CCC(=O)O)c(CNC(=O)c2ccc(C(F)(F)F)cc2F)c1. The maximum absolute atomic E-state index is 14.3. The van der Waals surface area contributed by atoms with Gasteiger partial charge in [-0.05, 0) is 66.9 Å². The number of hydrogen-bond acceptors (Lipinski definition) is 5. The number of aliphatic carboxylic acids is 1. The largest absolute Gasteiger partial charge is 0.493 e. The van der Waals surface area contributed by atoms with Crippen molar-refractivity contribution in [3.05, 3.63) is 106 Å². The predicted molar refractivity (Wildman–Crippen MR) is 141 cm³/mol. The van der Waals surface area contributed by atoms with E-state index < -0.39 is 35.0 Å². The number of alkyl halides is 3. The van der Waals surface area contributed by atoms with E-state index in [4.69, 9.17) is 14.3 Å². The molecule has 0 radical (unpaired) electrons. The number of rotatable bonds is 11. The molecule has 2 N–H and O–H groups in total. The number of carbonyl (C=O) groups excluding carboxylic acids is 1. The standard InChI is InChI=1S/C30H26F4N2O5/c1-18-26(36-29(41-18)20-5-3-2-4-6-20)13-14-40-23-10-7-19(8-12-27(37)38)21(15-23)17-35-28(39)24-11-9-22(16-25(24)31)30(32,33)34/h2-7,9-11,15-16H,8,12-14,17H2,1H3,(H,35,39)(H,37,38). The summed E-state index contributed by atoms with van der Waals surface area (Å²) in [5.74, 6) is -1.62. The zero-order chi connectivity index (χ0) is 29.6. The number of nitrogens with zero attached hydrogens (tertiary/aromatic N) is 1. The van der Waals surface area contributed by atoms with Crippen LogP contribution in [0.1, 0.15) is 44.9 Å². The van der Waals surface area contributed by atoms with Crippen LogP contribution >= 0.6 is 0 Å². The van der Waals surface area contributed by atoms with Crippen molar-refractivity contribution in [1.29, 1.82) is 0 Å². The molecule has 1 heterocycles. The third kappa shape index (κ3) is 7.71. The van der Waals surface area contributed by atoms with Crippen molar-refractivity contribution in [2.24, 2.45) is 0 Å². The lowest BCUT2D eigenvalue weighted by Crippen LogP contribution is -2.25. The molecule has 214 valence electrons. The lowest BCUT2D eigenvalue weighted by atomic mass is 10.0. The fourth-order valence-corrected chi connectivity index (χ4v) is 4.12. The van der Waals surface area contributed by atoms with Crippen molar-refractivity contribution < 1.29 is 41.4 Å². The lowest BCUT2D eigenvalue weighted by molar-refractivity contribution is -0.138. The van der Waals surface area contributed by atoms with Crippen LogP contribution in [0.25, 0.3) is 11.5 Å². The topological polar surface area (TPSA) is 102 Å². The zero-order valence-electron chi connectivity index (χ0n) is 21.9. The van der Waals surface area contributed by atoms with Crippen molar-refractivity contribution in [3.63, 3.8) is 0 Å². The maximum atomic E-state index is 14.3. The number of carboxylic acids is 1. The number of carbonyl (C=O) groups is 2. The van der Waals surface area contributed by atoms with Gasteiger partial charge in [0.25, 0.3) is 5.91 Å². The van der Waals surface area contributed by atoms with E-state index in [9.17, 15) is 27.2 Å². The van der Waals surface area contributed by atoms with E-state index in [-0.39, 0.29) is 32.1 Å². The van der Waals surface area contributed by atoms with Crippen LogP contribution in [0.2, 0.25) is 0 Å². The second-order valence-corrected chi connectivity index (χ2v) is 9.19. The van der Waals surface area contributed by atoms with Crippen LogP contribution in [0.4, 0.5) is 17.6 Å². The van der Waals surface area contributed by atoms with Crippen LogP contribution in [0.3, 0.4) is 0 Å². The highest BCUT2D eigenvalue weighted by atomic mass is 19.4. The number of aryl methyl sites for hydroxylation is 2. The number of hydrogen-bond donors (Lipinski definition) is 2. The molecule has 0 spiro atoms. The highest BCUT2D eigenvalue weighted by Crippen LogP contribution is 2.30. The van der Waals surface area contributed by atoms with E-state index in [1.54, 1.807) is 18.2 Å². The summed E-state index contributed by atoms with van der Waals surface area (Å²) in [6, 6.07) is 16.1. The maximum Gasteiger partial charge on any atom is 0.416 e. The first-order chi connectivity index (χ1) is 19.5. The molecule has 0 aliphatic carbocycles. The third-order valence-corrected chi connectivity index (χ3v) is 6.29. The quantitative estimate of drug-likeness (QED) is 0.203. The van der Waals surface area contributed by atoms with Crippen LogP contribution in [-0.4, -0.2) is 28.6 Å². The molecule has 3 aromatic carbocycles. The van der Waals surface area contributed by atoms with Crippen LogP contribution in [0.15, 0.2) is 71.1 Å². The molecule has 41 heavy (non-hydrogen) atoms. The minimum atomic E-state index is -4.74. The van der Waals surface area contributed by atoms with E-state index in [0.717, 1.165) is 17.3 Å². The summed E-state index contributed by atoms with van der Waals surface area (Å²) in [6.07, 6.45) is -4.30. The molecule has 0 saturated heterocycles. The Kier molecular flexibility index (Phi) is 9.06. The van der Waals surface area contributed by atoms with Gasteiger partial charge in [-0.3, -0.25) is 9.59 Å². The van der Waals surface area contributed by atoms with Gasteiger partial charge in [0, 0.05) is 24.9 Å². The molecule has 1 aromatic heterocycles. The van der Waals surface area contributed by atoms with Crippen LogP contribution < -0.4 is 10.1 Å². The second-order valence-electron chi connectivity index (χ2n) is 9.19. The normalized spacial score (nSPS) is 11.3. The fourth-order valence-electron chi connectivity index (χ4n) is 4.12. The van der Waals surface area contributed by atoms with Gasteiger partial charge in [0.1, 0.15) is 17.3 Å². The van der Waals surface area contributed by atoms with Gasteiger partial charge in [-0.1, -0.05) is 24.3 Å². The Morgan fingerprint density at radius 1 is 1.00 bits per heavy atom. The molecule has 1 amide bonds. The number of carboxylic acid groups (broad SMARTS) is 1. The summed E-state index contributed by atoms with van der Waals surface area (Å²) >= 11 is 0. The van der Waals surface area contributed by atoms with Gasteiger partial charge >= 0.3 is 12.1 Å². The molecular weight excluding hydrogens is 544 g/mol. The molecule has 7 nitrogen and oxygen atoms in total. The average molecular weight is 571 g/mol. The monoisotopic (exact) mass is 570 g/mol. The molecule has 0 saturated carbocycles. The van der Waals surface area contributed by atoms with Crippen molar-refractivity contribution in [2.75, 3.05) is 6.61 Å². The number of aromatic nitrogens is 1. The van der Waals surface area contributed by atoms with Gasteiger partial charge < -0.3 is 19.6 Å². The summed E-state index contributed by atoms with van der Waals surface area (Å²) < 4.78 is 64.4. The van der Waals surface area contributed by atoms with E-state index in [0.29, 0.717) is 41.0 Å². The average Bonchev–Trinajstić information content (AvgIpc) is 3.31. The smallest absolute Gasteiger partial charge is 0.416 e. The highest BCUT2D eigenvalue weighted by Gasteiger charge is 2.31. The summed E-state index contributed by atoms with van der Waals surface area (Å²) in [7, 11) is 0. The van der Waals surface area contributed by atoms with E-state index in [2.05, 4.69) is 10.3 Å². The zero-order valence-corrected chi connectivity index (χ0v) is 21.9. The molecule has 0 aliphatic heterocycles. The molecule has 0 bridgehead atoms. The summed E-state index contributed by atoms with van der Waals surface area (Å²) in [5, 5.41) is 11.6. The molecule has 4 rings (SSSR count). The van der Waals surface area contributed by atoms with Crippen LogP contribution in [0.5, 0.6) is 5.75 Å². The highest BCUT2D eigenvalue weighted by molar-refractivity contribution is 5.94. The number of benzene rings is 3. The third-order valence-electron chi connectivity index (χ3n) is 6.29. The van der Waals surface area contributed by atoms with E-state index in [1.165, 1.54) is 0 Å². The van der Waals surface area contributed by atoms with E-state index in [1.807, 2.05) is 37.3 Å². The number of halogens is 4. The first-order valence-electron chi connectivity index (χ1n) is 12.6. The number of ether oxygens (including phenoxy) is 1. The van der Waals surface area contributed by atoms with E-state index >= 15 is 0 Å². The Hall–Kier alpha value is -4.67. The number of oxazole rings is 1. The Bertz CT molecular complexity index is 1530. The molecule has 4 aromatic rings. The molecule has 0 atom stereocenters. The Balaban J connectivity index is 1.43. The summed E-state index contributed by atoms with van der Waals surface area (Å²) in [6.45, 7) is 1.93. The molecule has 0 unspecified atom stereocenters.